The lowest BCUT2D eigenvalue weighted by atomic mass is 9.97. The zero-order valence-corrected chi connectivity index (χ0v) is 18.0. The Kier molecular flexibility index (Phi) is 6.89. The van der Waals surface area contributed by atoms with Crippen LogP contribution in [0.3, 0.4) is 0 Å². The number of halogens is 3. The van der Waals surface area contributed by atoms with Crippen molar-refractivity contribution in [1.82, 2.24) is 4.31 Å². The van der Waals surface area contributed by atoms with E-state index in [1.165, 1.54) is 4.31 Å². The summed E-state index contributed by atoms with van der Waals surface area (Å²) in [6.45, 7) is 0.620. The van der Waals surface area contributed by atoms with Gasteiger partial charge in [0.2, 0.25) is 15.9 Å². The normalized spacial score (nSPS) is 16.1. The number of piperidine rings is 1. The Morgan fingerprint density at radius 1 is 0.964 bits per heavy atom. The fourth-order valence-electron chi connectivity index (χ4n) is 3.15. The molecule has 2 aromatic carbocycles. The lowest BCUT2D eigenvalue weighted by molar-refractivity contribution is -0.120. The molecule has 0 aliphatic carbocycles. The van der Waals surface area contributed by atoms with Crippen LogP contribution in [0.15, 0.2) is 42.5 Å². The van der Waals surface area contributed by atoms with E-state index < -0.39 is 10.0 Å². The first-order chi connectivity index (χ1) is 13.2. The highest BCUT2D eigenvalue weighted by Crippen LogP contribution is 2.26. The van der Waals surface area contributed by atoms with E-state index in [-0.39, 0.29) is 17.6 Å². The largest absolute Gasteiger partial charge is 0.326 e. The Labute approximate surface area is 179 Å². The second kappa shape index (κ2) is 9.01. The van der Waals surface area contributed by atoms with Crippen molar-refractivity contribution in [3.8, 4) is 0 Å². The average molecular weight is 462 g/mol. The number of rotatable bonds is 5. The van der Waals surface area contributed by atoms with Gasteiger partial charge in [-0.05, 0) is 48.7 Å². The van der Waals surface area contributed by atoms with E-state index in [2.05, 4.69) is 5.32 Å². The van der Waals surface area contributed by atoms with Crippen LogP contribution in [-0.2, 0) is 20.6 Å². The summed E-state index contributed by atoms with van der Waals surface area (Å²) < 4.78 is 26.7. The molecule has 1 aliphatic rings. The minimum absolute atomic E-state index is 0.0813. The smallest absolute Gasteiger partial charge is 0.227 e. The van der Waals surface area contributed by atoms with E-state index >= 15 is 0 Å². The predicted octanol–water partition coefficient (Wildman–Crippen LogP) is 4.83. The molecule has 0 radical (unpaired) electrons. The minimum Gasteiger partial charge on any atom is -0.326 e. The lowest BCUT2D eigenvalue weighted by Gasteiger charge is -2.30. The van der Waals surface area contributed by atoms with Crippen LogP contribution in [0.25, 0.3) is 0 Å². The van der Waals surface area contributed by atoms with Gasteiger partial charge in [0, 0.05) is 39.8 Å². The Bertz CT molecular complexity index is 937. The number of carbonyl (C=O) groups is 1. The van der Waals surface area contributed by atoms with Crippen LogP contribution in [0, 0.1) is 5.92 Å². The molecule has 1 N–H and O–H groups in total. The molecule has 3 rings (SSSR count). The van der Waals surface area contributed by atoms with Gasteiger partial charge in [0.15, 0.2) is 0 Å². The molecule has 150 valence electrons. The molecule has 1 heterocycles. The van der Waals surface area contributed by atoms with Gasteiger partial charge in [-0.2, -0.15) is 0 Å². The van der Waals surface area contributed by atoms with Crippen LogP contribution >= 0.6 is 34.8 Å². The topological polar surface area (TPSA) is 66.5 Å². The summed E-state index contributed by atoms with van der Waals surface area (Å²) in [5.74, 6) is -0.505. The van der Waals surface area contributed by atoms with E-state index in [4.69, 9.17) is 34.8 Å². The standard InChI is InChI=1S/C19H19Cl3N2O3S/c20-15-3-1-13(2-4-15)12-28(26,27)24-7-5-14(6-8-24)19(25)23-18-10-16(21)9-17(22)11-18/h1-4,9-11,14H,5-8,12H2,(H,23,25). The summed E-state index contributed by atoms with van der Waals surface area (Å²) in [6, 6.07) is 11.6. The number of hydrogen-bond donors (Lipinski definition) is 1. The fourth-order valence-corrected chi connectivity index (χ4v) is 5.36. The molecule has 1 aliphatic heterocycles. The van der Waals surface area contributed by atoms with E-state index in [9.17, 15) is 13.2 Å². The van der Waals surface area contributed by atoms with Gasteiger partial charge in [-0.1, -0.05) is 46.9 Å². The highest BCUT2D eigenvalue weighted by Gasteiger charge is 2.31. The minimum atomic E-state index is -3.44. The van der Waals surface area contributed by atoms with Gasteiger partial charge in [0.1, 0.15) is 0 Å². The van der Waals surface area contributed by atoms with E-state index in [1.54, 1.807) is 42.5 Å². The lowest BCUT2D eigenvalue weighted by Crippen LogP contribution is -2.41. The predicted molar refractivity (Wildman–Crippen MR) is 113 cm³/mol. The number of amides is 1. The Morgan fingerprint density at radius 2 is 1.54 bits per heavy atom. The number of hydrogen-bond acceptors (Lipinski definition) is 3. The highest BCUT2D eigenvalue weighted by molar-refractivity contribution is 7.88. The number of sulfonamides is 1. The number of benzene rings is 2. The maximum absolute atomic E-state index is 12.6. The van der Waals surface area contributed by atoms with Crippen molar-refractivity contribution in [3.63, 3.8) is 0 Å². The molecule has 0 unspecified atom stereocenters. The first-order valence-corrected chi connectivity index (χ1v) is 11.5. The first kappa shape index (κ1) is 21.4. The molecule has 0 spiro atoms. The Hall–Kier alpha value is -1.31. The van der Waals surface area contributed by atoms with Crippen molar-refractivity contribution >= 4 is 56.4 Å². The summed E-state index contributed by atoms with van der Waals surface area (Å²) in [7, 11) is -3.44. The second-order valence-electron chi connectivity index (χ2n) is 6.70. The van der Waals surface area contributed by atoms with Gasteiger partial charge in [-0.3, -0.25) is 4.79 Å². The summed E-state index contributed by atoms with van der Waals surface area (Å²) in [5, 5.41) is 4.24. The van der Waals surface area contributed by atoms with Crippen LogP contribution in [0.2, 0.25) is 15.1 Å². The molecule has 0 bridgehead atoms. The number of nitrogens with one attached hydrogen (secondary N) is 1. The van der Waals surface area contributed by atoms with Crippen LogP contribution in [0.5, 0.6) is 0 Å². The van der Waals surface area contributed by atoms with Gasteiger partial charge in [-0.25, -0.2) is 12.7 Å². The van der Waals surface area contributed by atoms with Crippen molar-refractivity contribution in [1.29, 1.82) is 0 Å². The fraction of sp³-hybridized carbons (Fsp3) is 0.316. The second-order valence-corrected chi connectivity index (χ2v) is 9.98. The van der Waals surface area contributed by atoms with E-state index in [1.807, 2.05) is 0 Å². The maximum atomic E-state index is 12.6. The molecular weight excluding hydrogens is 443 g/mol. The van der Waals surface area contributed by atoms with Crippen molar-refractivity contribution in [2.45, 2.75) is 18.6 Å². The number of nitrogens with zero attached hydrogens (tertiary/aromatic N) is 1. The first-order valence-electron chi connectivity index (χ1n) is 8.72. The highest BCUT2D eigenvalue weighted by atomic mass is 35.5. The zero-order chi connectivity index (χ0) is 20.3. The summed E-state index contributed by atoms with van der Waals surface area (Å²) in [6.07, 6.45) is 0.917. The summed E-state index contributed by atoms with van der Waals surface area (Å²) in [4.78, 5) is 12.5. The van der Waals surface area contributed by atoms with Crippen LogP contribution in [0.4, 0.5) is 5.69 Å². The molecule has 0 saturated carbocycles. The number of anilines is 1. The molecular formula is C19H19Cl3N2O3S. The van der Waals surface area contributed by atoms with E-state index in [0.29, 0.717) is 52.2 Å². The average Bonchev–Trinajstić information content (AvgIpc) is 2.63. The molecule has 1 fully saturated rings. The Morgan fingerprint density at radius 3 is 2.11 bits per heavy atom. The van der Waals surface area contributed by atoms with E-state index in [0.717, 1.165) is 0 Å². The van der Waals surface area contributed by atoms with Gasteiger partial charge in [0.05, 0.1) is 5.75 Å². The molecule has 28 heavy (non-hydrogen) atoms. The van der Waals surface area contributed by atoms with Crippen LogP contribution < -0.4 is 5.32 Å². The third kappa shape index (κ3) is 5.61. The van der Waals surface area contributed by atoms with Crippen molar-refractivity contribution in [2.24, 2.45) is 5.92 Å². The molecule has 9 heteroatoms. The quantitative estimate of drug-likeness (QED) is 0.693. The van der Waals surface area contributed by atoms with Gasteiger partial charge in [-0.15, -0.1) is 0 Å². The third-order valence-corrected chi connectivity index (χ3v) is 7.15. The van der Waals surface area contributed by atoms with Crippen LogP contribution in [-0.4, -0.2) is 31.7 Å². The molecule has 1 amide bonds. The Balaban J connectivity index is 1.57. The SMILES string of the molecule is O=C(Nc1cc(Cl)cc(Cl)c1)C1CCN(S(=O)(=O)Cc2ccc(Cl)cc2)CC1. The van der Waals surface area contributed by atoms with Crippen LogP contribution in [0.1, 0.15) is 18.4 Å². The molecule has 5 nitrogen and oxygen atoms in total. The van der Waals surface area contributed by atoms with Gasteiger partial charge >= 0.3 is 0 Å². The van der Waals surface area contributed by atoms with Crippen molar-refractivity contribution < 1.29 is 13.2 Å². The molecule has 1 saturated heterocycles. The summed E-state index contributed by atoms with van der Waals surface area (Å²) >= 11 is 17.7. The summed E-state index contributed by atoms with van der Waals surface area (Å²) in [5.41, 5.74) is 1.21. The molecule has 0 aromatic heterocycles. The third-order valence-electron chi connectivity index (χ3n) is 4.61. The van der Waals surface area contributed by atoms with Gasteiger partial charge < -0.3 is 5.32 Å². The molecule has 0 atom stereocenters. The maximum Gasteiger partial charge on any atom is 0.227 e. The monoisotopic (exact) mass is 460 g/mol. The number of carbonyl (C=O) groups excluding carboxylic acids is 1. The van der Waals surface area contributed by atoms with Crippen molar-refractivity contribution in [2.75, 3.05) is 18.4 Å². The zero-order valence-electron chi connectivity index (χ0n) is 14.9. The van der Waals surface area contributed by atoms with Crippen molar-refractivity contribution in [3.05, 3.63) is 63.1 Å². The molecule has 2 aromatic rings. The van der Waals surface area contributed by atoms with Gasteiger partial charge in [0.25, 0.3) is 0 Å².